The van der Waals surface area contributed by atoms with Crippen LogP contribution in [0, 0.1) is 0 Å². The van der Waals surface area contributed by atoms with Crippen LogP contribution in [-0.2, 0) is 14.3 Å². The first-order chi connectivity index (χ1) is 20.0. The molecule has 0 spiro atoms. The molecule has 0 radical (unpaired) electrons. The Balaban J connectivity index is 2.02. The molecule has 9 heteroatoms. The summed E-state index contributed by atoms with van der Waals surface area (Å²) < 4.78 is 10.9. The Morgan fingerprint density at radius 2 is 1.26 bits per heavy atom. The summed E-state index contributed by atoms with van der Waals surface area (Å²) in [5, 5.41) is 0. The van der Waals surface area contributed by atoms with Crippen molar-refractivity contribution in [3.63, 3.8) is 0 Å². The molecule has 2 aliphatic heterocycles. The van der Waals surface area contributed by atoms with E-state index in [2.05, 4.69) is 47.5 Å². The van der Waals surface area contributed by atoms with Crippen LogP contribution in [0.25, 0.3) is 0 Å². The van der Waals surface area contributed by atoms with Crippen molar-refractivity contribution >= 4 is 12.0 Å². The van der Waals surface area contributed by atoms with E-state index >= 15 is 0 Å². The van der Waals surface area contributed by atoms with Crippen molar-refractivity contribution in [1.82, 2.24) is 24.5 Å². The molecule has 2 amide bonds. The number of amides is 2. The highest BCUT2D eigenvalue weighted by molar-refractivity contribution is 5.74. The first-order valence-electron chi connectivity index (χ1n) is 16.9. The van der Waals surface area contributed by atoms with Gasteiger partial charge in [-0.15, -0.1) is 0 Å². The fourth-order valence-electron chi connectivity index (χ4n) is 6.99. The molecular formula is C33H65N5O4. The molecule has 4 atom stereocenters. The SMILES string of the molecule is COCCCCCCN1CC(C)N(C(=O)OC(C)C)C(CCC2CN(CCCCCCN(C)C)CC(C)N2C(C)=O)C1. The maximum atomic E-state index is 13.3. The lowest BCUT2D eigenvalue weighted by atomic mass is 9.96. The Morgan fingerprint density at radius 1 is 0.762 bits per heavy atom. The Hall–Kier alpha value is -1.42. The number of rotatable bonds is 18. The van der Waals surface area contributed by atoms with Crippen LogP contribution >= 0.6 is 0 Å². The molecule has 2 fully saturated rings. The summed E-state index contributed by atoms with van der Waals surface area (Å²) in [6.45, 7) is 17.7. The number of nitrogens with zero attached hydrogens (tertiary/aromatic N) is 5. The Kier molecular flexibility index (Phi) is 17.3. The quantitative estimate of drug-likeness (QED) is 0.208. The Bertz CT molecular complexity index is 767. The summed E-state index contributed by atoms with van der Waals surface area (Å²) in [5.74, 6) is 0.166. The molecule has 0 bridgehead atoms. The minimum atomic E-state index is -0.196. The largest absolute Gasteiger partial charge is 0.447 e. The van der Waals surface area contributed by atoms with E-state index in [1.54, 1.807) is 14.0 Å². The number of ether oxygens (including phenoxy) is 2. The zero-order chi connectivity index (χ0) is 31.1. The number of carbonyl (C=O) groups is 2. The molecule has 0 aromatic carbocycles. The molecule has 9 nitrogen and oxygen atoms in total. The van der Waals surface area contributed by atoms with Crippen LogP contribution in [-0.4, -0.2) is 140 Å². The van der Waals surface area contributed by atoms with Gasteiger partial charge in [-0.1, -0.05) is 25.7 Å². The number of carbonyl (C=O) groups excluding carboxylic acids is 2. The molecule has 0 N–H and O–H groups in total. The number of hydrogen-bond donors (Lipinski definition) is 0. The summed E-state index contributed by atoms with van der Waals surface area (Å²) in [7, 11) is 6.04. The van der Waals surface area contributed by atoms with Crippen LogP contribution < -0.4 is 0 Å². The summed E-state index contributed by atoms with van der Waals surface area (Å²) in [5.41, 5.74) is 0. The normalized spacial score (nSPS) is 24.1. The molecule has 42 heavy (non-hydrogen) atoms. The zero-order valence-corrected chi connectivity index (χ0v) is 28.5. The monoisotopic (exact) mass is 596 g/mol. The van der Waals surface area contributed by atoms with E-state index in [0.717, 1.165) is 71.7 Å². The molecule has 246 valence electrons. The average molecular weight is 596 g/mol. The molecular weight excluding hydrogens is 530 g/mol. The first-order valence-corrected chi connectivity index (χ1v) is 16.9. The van der Waals surface area contributed by atoms with E-state index in [4.69, 9.17) is 9.47 Å². The van der Waals surface area contributed by atoms with Gasteiger partial charge in [0.15, 0.2) is 0 Å². The Labute approximate surface area is 258 Å². The van der Waals surface area contributed by atoms with Crippen LogP contribution in [0.5, 0.6) is 0 Å². The molecule has 0 saturated carbocycles. The molecule has 2 aliphatic rings. The van der Waals surface area contributed by atoms with Gasteiger partial charge in [0.25, 0.3) is 0 Å². The van der Waals surface area contributed by atoms with Gasteiger partial charge in [-0.2, -0.15) is 0 Å². The van der Waals surface area contributed by atoms with Crippen molar-refractivity contribution in [1.29, 1.82) is 0 Å². The lowest BCUT2D eigenvalue weighted by Crippen LogP contribution is -2.61. The van der Waals surface area contributed by atoms with Crippen LogP contribution in [0.2, 0.25) is 0 Å². The highest BCUT2D eigenvalue weighted by atomic mass is 16.6. The van der Waals surface area contributed by atoms with Gasteiger partial charge >= 0.3 is 6.09 Å². The van der Waals surface area contributed by atoms with Gasteiger partial charge < -0.3 is 19.3 Å². The topological polar surface area (TPSA) is 68.8 Å². The number of hydrogen-bond acceptors (Lipinski definition) is 7. The van der Waals surface area contributed by atoms with Gasteiger partial charge in [-0.05, 0) is 99.9 Å². The van der Waals surface area contributed by atoms with E-state index in [1.807, 2.05) is 18.7 Å². The summed E-state index contributed by atoms with van der Waals surface area (Å²) in [6, 6.07) is 0.567. The number of piperazine rings is 2. The number of methoxy groups -OCH3 is 1. The Morgan fingerprint density at radius 3 is 1.76 bits per heavy atom. The first kappa shape index (κ1) is 36.8. The van der Waals surface area contributed by atoms with Gasteiger partial charge in [-0.25, -0.2) is 4.79 Å². The third-order valence-corrected chi connectivity index (χ3v) is 8.87. The van der Waals surface area contributed by atoms with Gasteiger partial charge in [0, 0.05) is 71.0 Å². The third-order valence-electron chi connectivity index (χ3n) is 8.87. The predicted octanol–water partition coefficient (Wildman–Crippen LogP) is 4.94. The minimum Gasteiger partial charge on any atom is -0.447 e. The van der Waals surface area contributed by atoms with Gasteiger partial charge in [0.05, 0.1) is 6.10 Å². The summed E-state index contributed by atoms with van der Waals surface area (Å²) in [6.07, 6.45) is 11.1. The highest BCUT2D eigenvalue weighted by Gasteiger charge is 2.39. The lowest BCUT2D eigenvalue weighted by Gasteiger charge is -2.48. The van der Waals surface area contributed by atoms with Crippen molar-refractivity contribution in [2.45, 2.75) is 129 Å². The molecule has 0 aromatic heterocycles. The van der Waals surface area contributed by atoms with Crippen molar-refractivity contribution in [3.05, 3.63) is 0 Å². The molecule has 0 aliphatic carbocycles. The summed E-state index contributed by atoms with van der Waals surface area (Å²) in [4.78, 5) is 37.5. The maximum absolute atomic E-state index is 13.3. The highest BCUT2D eigenvalue weighted by Crippen LogP contribution is 2.26. The maximum Gasteiger partial charge on any atom is 0.410 e. The smallest absolute Gasteiger partial charge is 0.410 e. The number of unbranched alkanes of at least 4 members (excludes halogenated alkanes) is 6. The van der Waals surface area contributed by atoms with Crippen molar-refractivity contribution in [3.8, 4) is 0 Å². The van der Waals surface area contributed by atoms with Crippen LogP contribution in [0.3, 0.4) is 0 Å². The van der Waals surface area contributed by atoms with Crippen molar-refractivity contribution in [2.75, 3.05) is 73.6 Å². The zero-order valence-electron chi connectivity index (χ0n) is 28.5. The molecule has 0 aromatic rings. The second-order valence-corrected chi connectivity index (χ2v) is 13.5. The van der Waals surface area contributed by atoms with Crippen LogP contribution in [0.1, 0.15) is 98.8 Å². The fourth-order valence-corrected chi connectivity index (χ4v) is 6.99. The van der Waals surface area contributed by atoms with E-state index in [9.17, 15) is 9.59 Å². The van der Waals surface area contributed by atoms with E-state index in [-0.39, 0.29) is 42.3 Å². The van der Waals surface area contributed by atoms with Gasteiger partial charge in [-0.3, -0.25) is 19.5 Å². The van der Waals surface area contributed by atoms with E-state index in [0.29, 0.717) is 0 Å². The second kappa shape index (κ2) is 19.8. The molecule has 4 unspecified atom stereocenters. The van der Waals surface area contributed by atoms with Crippen LogP contribution in [0.4, 0.5) is 4.79 Å². The lowest BCUT2D eigenvalue weighted by molar-refractivity contribution is -0.137. The molecule has 2 saturated heterocycles. The van der Waals surface area contributed by atoms with Gasteiger partial charge in [0.1, 0.15) is 0 Å². The van der Waals surface area contributed by atoms with Gasteiger partial charge in [0.2, 0.25) is 5.91 Å². The fraction of sp³-hybridized carbons (Fsp3) is 0.939. The second-order valence-electron chi connectivity index (χ2n) is 13.5. The minimum absolute atomic E-state index is 0.0877. The van der Waals surface area contributed by atoms with Crippen molar-refractivity contribution < 1.29 is 19.1 Å². The van der Waals surface area contributed by atoms with Crippen LogP contribution in [0.15, 0.2) is 0 Å². The molecule has 2 rings (SSSR count). The standard InChI is InChI=1S/C33H65N5O4/c1-27(2)42-33(40)38-29(4)24-36(21-15-11-12-16-22-41-8)26-32(38)18-17-31-25-35(23-28(3)37(31)30(5)39)20-14-10-9-13-19-34(6)7/h27-29,31-32H,9-26H2,1-8H3. The third kappa shape index (κ3) is 13.1. The predicted molar refractivity (Wildman–Crippen MR) is 172 cm³/mol. The molecule has 2 heterocycles. The average Bonchev–Trinajstić information content (AvgIpc) is 2.90. The summed E-state index contributed by atoms with van der Waals surface area (Å²) >= 11 is 0. The van der Waals surface area contributed by atoms with E-state index in [1.165, 1.54) is 44.9 Å². The van der Waals surface area contributed by atoms with Crippen molar-refractivity contribution in [2.24, 2.45) is 0 Å². The van der Waals surface area contributed by atoms with E-state index < -0.39 is 0 Å².